The fourth-order valence-electron chi connectivity index (χ4n) is 3.63. The normalized spacial score (nSPS) is 11.5. The molecule has 0 aliphatic carbocycles. The predicted octanol–water partition coefficient (Wildman–Crippen LogP) is 4.35. The summed E-state index contributed by atoms with van der Waals surface area (Å²) in [6.07, 6.45) is 21.4. The topological polar surface area (TPSA) is 0 Å². The molecule has 1 nitrogen and oxygen atoms in total. The molecular formula is C22H48IN. The summed E-state index contributed by atoms with van der Waals surface area (Å²) in [4.78, 5) is 0. The van der Waals surface area contributed by atoms with E-state index in [1.54, 1.807) is 0 Å². The minimum absolute atomic E-state index is 0. The summed E-state index contributed by atoms with van der Waals surface area (Å²) in [5.41, 5.74) is 0. The van der Waals surface area contributed by atoms with Gasteiger partial charge in [0.25, 0.3) is 0 Å². The van der Waals surface area contributed by atoms with Crippen LogP contribution in [0.2, 0.25) is 0 Å². The van der Waals surface area contributed by atoms with Gasteiger partial charge in [-0.1, -0.05) is 78.6 Å². The molecule has 0 atom stereocenters. The van der Waals surface area contributed by atoms with E-state index >= 15 is 0 Å². The molecule has 0 aromatic heterocycles. The molecule has 0 aromatic carbocycles. The van der Waals surface area contributed by atoms with Gasteiger partial charge < -0.3 is 28.5 Å². The molecule has 24 heavy (non-hydrogen) atoms. The van der Waals surface area contributed by atoms with Crippen LogP contribution in [-0.4, -0.2) is 31.2 Å². The van der Waals surface area contributed by atoms with Gasteiger partial charge in [0.15, 0.2) is 0 Å². The SMILES string of the molecule is CCCCCCC[N+](C)(CCCCCCC)CCCCCCC.[I-]. The Balaban J connectivity index is 0. The molecule has 0 aromatic rings. The van der Waals surface area contributed by atoms with Crippen molar-refractivity contribution in [3.05, 3.63) is 0 Å². The molecule has 0 saturated carbocycles. The quantitative estimate of drug-likeness (QED) is 0.165. The first kappa shape index (κ1) is 26.9. The molecule has 0 unspecified atom stereocenters. The van der Waals surface area contributed by atoms with Gasteiger partial charge in [-0.25, -0.2) is 0 Å². The highest BCUT2D eigenvalue weighted by atomic mass is 127. The third kappa shape index (κ3) is 17.5. The molecule has 0 bridgehead atoms. The zero-order valence-electron chi connectivity index (χ0n) is 17.6. The maximum atomic E-state index is 2.54. The van der Waals surface area contributed by atoms with Crippen LogP contribution in [0.1, 0.15) is 117 Å². The van der Waals surface area contributed by atoms with Gasteiger partial charge in [-0.15, -0.1) is 0 Å². The van der Waals surface area contributed by atoms with Crippen LogP contribution in [0.15, 0.2) is 0 Å². The Morgan fingerprint density at radius 2 is 0.667 bits per heavy atom. The maximum absolute atomic E-state index is 2.54. The minimum Gasteiger partial charge on any atom is -1.00 e. The Hall–Kier alpha value is 0.690. The van der Waals surface area contributed by atoms with Gasteiger partial charge in [0.05, 0.1) is 26.7 Å². The van der Waals surface area contributed by atoms with Gasteiger partial charge in [-0.05, 0) is 38.5 Å². The summed E-state index contributed by atoms with van der Waals surface area (Å²) >= 11 is 0. The molecule has 0 rings (SSSR count). The lowest BCUT2D eigenvalue weighted by atomic mass is 10.1. The van der Waals surface area contributed by atoms with E-state index in [4.69, 9.17) is 0 Å². The highest BCUT2D eigenvalue weighted by Gasteiger charge is 2.19. The van der Waals surface area contributed by atoms with Crippen LogP contribution in [0.3, 0.4) is 0 Å². The summed E-state index contributed by atoms with van der Waals surface area (Å²) in [5, 5.41) is 0. The summed E-state index contributed by atoms with van der Waals surface area (Å²) in [5.74, 6) is 0. The van der Waals surface area contributed by atoms with Crippen molar-refractivity contribution in [1.82, 2.24) is 0 Å². The Morgan fingerprint density at radius 1 is 0.417 bits per heavy atom. The predicted molar refractivity (Wildman–Crippen MR) is 107 cm³/mol. The molecule has 0 saturated heterocycles. The van der Waals surface area contributed by atoms with E-state index in [2.05, 4.69) is 27.8 Å². The van der Waals surface area contributed by atoms with E-state index in [0.717, 1.165) is 0 Å². The third-order valence-electron chi connectivity index (χ3n) is 5.40. The van der Waals surface area contributed by atoms with Crippen LogP contribution >= 0.6 is 0 Å². The summed E-state index contributed by atoms with van der Waals surface area (Å²) in [6.45, 7) is 11.2. The molecule has 0 fully saturated rings. The monoisotopic (exact) mass is 453 g/mol. The third-order valence-corrected chi connectivity index (χ3v) is 5.40. The minimum atomic E-state index is 0. The highest BCUT2D eigenvalue weighted by Crippen LogP contribution is 2.15. The lowest BCUT2D eigenvalue weighted by molar-refractivity contribution is -0.910. The molecule has 0 amide bonds. The van der Waals surface area contributed by atoms with Crippen molar-refractivity contribution in [2.45, 2.75) is 117 Å². The van der Waals surface area contributed by atoms with Gasteiger partial charge in [-0.2, -0.15) is 0 Å². The number of unbranched alkanes of at least 4 members (excludes halogenated alkanes) is 12. The van der Waals surface area contributed by atoms with E-state index in [0.29, 0.717) is 0 Å². The van der Waals surface area contributed by atoms with Crippen molar-refractivity contribution < 1.29 is 28.5 Å². The van der Waals surface area contributed by atoms with Gasteiger partial charge >= 0.3 is 0 Å². The summed E-state index contributed by atoms with van der Waals surface area (Å²) < 4.78 is 1.35. The van der Waals surface area contributed by atoms with Crippen molar-refractivity contribution in [2.24, 2.45) is 0 Å². The van der Waals surface area contributed by atoms with Crippen molar-refractivity contribution in [3.63, 3.8) is 0 Å². The van der Waals surface area contributed by atoms with Crippen molar-refractivity contribution >= 4 is 0 Å². The number of nitrogens with zero attached hydrogens (tertiary/aromatic N) is 1. The number of halogens is 1. The van der Waals surface area contributed by atoms with Crippen LogP contribution in [0.25, 0.3) is 0 Å². The molecular weight excluding hydrogens is 405 g/mol. The Morgan fingerprint density at radius 3 is 0.917 bits per heavy atom. The van der Waals surface area contributed by atoms with Crippen molar-refractivity contribution in [3.8, 4) is 0 Å². The fourth-order valence-corrected chi connectivity index (χ4v) is 3.63. The van der Waals surface area contributed by atoms with Crippen LogP contribution in [0.4, 0.5) is 0 Å². The molecule has 0 heterocycles. The maximum Gasteiger partial charge on any atom is 0.0784 e. The second-order valence-electron chi connectivity index (χ2n) is 8.03. The zero-order valence-corrected chi connectivity index (χ0v) is 19.7. The van der Waals surface area contributed by atoms with Gasteiger partial charge in [0.1, 0.15) is 0 Å². The number of hydrogen-bond donors (Lipinski definition) is 0. The Labute approximate surface area is 172 Å². The van der Waals surface area contributed by atoms with Crippen LogP contribution in [0.5, 0.6) is 0 Å². The van der Waals surface area contributed by atoms with Gasteiger partial charge in [0.2, 0.25) is 0 Å². The molecule has 0 spiro atoms. The fraction of sp³-hybridized carbons (Fsp3) is 1.00. The standard InChI is InChI=1S/C22H48N.HI/c1-5-8-11-14-17-20-23(4,21-18-15-12-9-6-2)22-19-16-13-10-7-3;/h5-22H2,1-4H3;1H/q+1;/p-1. The first-order chi connectivity index (χ1) is 11.2. The van der Waals surface area contributed by atoms with Crippen LogP contribution < -0.4 is 24.0 Å². The molecule has 0 aliphatic heterocycles. The van der Waals surface area contributed by atoms with E-state index in [1.165, 1.54) is 120 Å². The molecule has 0 N–H and O–H groups in total. The van der Waals surface area contributed by atoms with Crippen LogP contribution in [0, 0.1) is 0 Å². The smallest absolute Gasteiger partial charge is 0.0784 e. The first-order valence-electron chi connectivity index (χ1n) is 11.0. The van der Waals surface area contributed by atoms with Crippen LogP contribution in [-0.2, 0) is 0 Å². The van der Waals surface area contributed by atoms with Gasteiger partial charge in [-0.3, -0.25) is 0 Å². The van der Waals surface area contributed by atoms with E-state index in [-0.39, 0.29) is 24.0 Å². The Kier molecular flexibility index (Phi) is 22.4. The summed E-state index contributed by atoms with van der Waals surface area (Å²) in [6, 6.07) is 0. The van der Waals surface area contributed by atoms with E-state index in [1.807, 2.05) is 0 Å². The van der Waals surface area contributed by atoms with E-state index in [9.17, 15) is 0 Å². The zero-order chi connectivity index (χ0) is 17.2. The average Bonchev–Trinajstić information content (AvgIpc) is 2.54. The van der Waals surface area contributed by atoms with Crippen molar-refractivity contribution in [1.29, 1.82) is 0 Å². The second-order valence-corrected chi connectivity index (χ2v) is 8.03. The average molecular weight is 454 g/mol. The largest absolute Gasteiger partial charge is 1.00 e. The number of quaternary nitrogens is 1. The Bertz CT molecular complexity index is 194. The van der Waals surface area contributed by atoms with Gasteiger partial charge in [0, 0.05) is 0 Å². The molecule has 148 valence electrons. The lowest BCUT2D eigenvalue weighted by Gasteiger charge is -2.35. The molecule has 0 aliphatic rings. The highest BCUT2D eigenvalue weighted by molar-refractivity contribution is 4.50. The molecule has 2 heteroatoms. The molecule has 0 radical (unpaired) electrons. The number of rotatable bonds is 18. The first-order valence-corrected chi connectivity index (χ1v) is 11.0. The number of hydrogen-bond acceptors (Lipinski definition) is 0. The lowest BCUT2D eigenvalue weighted by Crippen LogP contribution is -3.00. The summed E-state index contributed by atoms with van der Waals surface area (Å²) in [7, 11) is 2.54. The van der Waals surface area contributed by atoms with Crippen molar-refractivity contribution in [2.75, 3.05) is 26.7 Å². The second kappa shape index (κ2) is 20.0. The van der Waals surface area contributed by atoms with E-state index < -0.39 is 0 Å².